The first-order chi connectivity index (χ1) is 10.0. The monoisotopic (exact) mass is 306 g/mol. The van der Waals surface area contributed by atoms with Gasteiger partial charge in [0, 0.05) is 21.8 Å². The van der Waals surface area contributed by atoms with Crippen molar-refractivity contribution in [3.8, 4) is 0 Å². The first-order valence-corrected chi connectivity index (χ1v) is 7.16. The summed E-state index contributed by atoms with van der Waals surface area (Å²) in [4.78, 5) is 13.0. The number of halogens is 3. The van der Waals surface area contributed by atoms with Crippen LogP contribution in [0.4, 0.5) is 13.2 Å². The first-order valence-electron chi connectivity index (χ1n) is 6.17. The maximum absolute atomic E-state index is 13.2. The Balaban J connectivity index is 1.99. The van der Waals surface area contributed by atoms with Gasteiger partial charge in [-0.1, -0.05) is 6.07 Å². The van der Waals surface area contributed by atoms with Crippen molar-refractivity contribution in [2.75, 3.05) is 5.75 Å². The van der Waals surface area contributed by atoms with Crippen molar-refractivity contribution in [1.29, 1.82) is 0 Å². The van der Waals surface area contributed by atoms with E-state index in [2.05, 4.69) is 0 Å². The van der Waals surface area contributed by atoms with E-state index >= 15 is 0 Å². The van der Waals surface area contributed by atoms with E-state index in [-0.39, 0.29) is 5.78 Å². The molecule has 1 aliphatic heterocycles. The second-order valence-corrected chi connectivity index (χ2v) is 5.62. The Morgan fingerprint density at radius 1 is 1.00 bits per heavy atom. The van der Waals surface area contributed by atoms with Crippen molar-refractivity contribution in [1.82, 2.24) is 0 Å². The minimum absolute atomic E-state index is 0.284. The summed E-state index contributed by atoms with van der Waals surface area (Å²) < 4.78 is 39.3. The fourth-order valence-electron chi connectivity index (χ4n) is 2.11. The molecule has 0 spiro atoms. The molecule has 0 aromatic heterocycles. The van der Waals surface area contributed by atoms with Gasteiger partial charge in [0.15, 0.2) is 17.4 Å². The van der Waals surface area contributed by atoms with E-state index in [0.29, 0.717) is 22.5 Å². The number of Topliss-reactive ketones (excluding diaryl/α,β-unsaturated/α-hetero) is 1. The smallest absolute Gasteiger partial charge is 0.191 e. The van der Waals surface area contributed by atoms with E-state index in [1.54, 1.807) is 6.07 Å². The molecule has 0 aliphatic carbocycles. The van der Waals surface area contributed by atoms with Crippen molar-refractivity contribution in [3.63, 3.8) is 0 Å². The molecular weight excluding hydrogens is 297 g/mol. The SMILES string of the molecule is O=C1/C(=C\c2ccc(F)c(F)c2)CSc2ccc(F)cc21. The van der Waals surface area contributed by atoms with Gasteiger partial charge in [-0.2, -0.15) is 0 Å². The number of ketones is 1. The number of rotatable bonds is 1. The number of carbonyl (C=O) groups is 1. The highest BCUT2D eigenvalue weighted by atomic mass is 32.2. The van der Waals surface area contributed by atoms with E-state index in [1.165, 1.54) is 36.0 Å². The number of fused-ring (bicyclic) bond motifs is 1. The number of benzene rings is 2. The minimum atomic E-state index is -0.966. The fraction of sp³-hybridized carbons (Fsp3) is 0.0625. The molecule has 2 aromatic rings. The molecule has 0 N–H and O–H groups in total. The summed E-state index contributed by atoms with van der Waals surface area (Å²) in [6, 6.07) is 7.51. The van der Waals surface area contributed by atoms with Crippen LogP contribution in [0.25, 0.3) is 6.08 Å². The van der Waals surface area contributed by atoms with E-state index in [0.717, 1.165) is 17.0 Å². The van der Waals surface area contributed by atoms with Gasteiger partial charge in [-0.25, -0.2) is 13.2 Å². The largest absolute Gasteiger partial charge is 0.289 e. The van der Waals surface area contributed by atoms with Gasteiger partial charge >= 0.3 is 0 Å². The Bertz CT molecular complexity index is 768. The number of carbonyl (C=O) groups excluding carboxylic acids is 1. The van der Waals surface area contributed by atoms with Crippen LogP contribution in [-0.4, -0.2) is 11.5 Å². The van der Waals surface area contributed by atoms with Crippen molar-refractivity contribution in [2.45, 2.75) is 4.90 Å². The van der Waals surface area contributed by atoms with E-state index in [9.17, 15) is 18.0 Å². The highest BCUT2D eigenvalue weighted by Gasteiger charge is 2.23. The molecule has 0 radical (unpaired) electrons. The lowest BCUT2D eigenvalue weighted by atomic mass is 10.0. The Labute approximate surface area is 123 Å². The van der Waals surface area contributed by atoms with Crippen LogP contribution in [0.5, 0.6) is 0 Å². The number of thioether (sulfide) groups is 1. The third-order valence-electron chi connectivity index (χ3n) is 3.15. The van der Waals surface area contributed by atoms with Gasteiger partial charge in [0.1, 0.15) is 5.82 Å². The minimum Gasteiger partial charge on any atom is -0.289 e. The quantitative estimate of drug-likeness (QED) is 0.723. The molecule has 0 saturated carbocycles. The molecule has 0 fully saturated rings. The Morgan fingerprint density at radius 2 is 1.81 bits per heavy atom. The molecule has 0 bridgehead atoms. The molecular formula is C16H9F3OS. The summed E-state index contributed by atoms with van der Waals surface area (Å²) in [6.45, 7) is 0. The van der Waals surface area contributed by atoms with Crippen LogP contribution < -0.4 is 0 Å². The van der Waals surface area contributed by atoms with Gasteiger partial charge in [0.2, 0.25) is 0 Å². The highest BCUT2D eigenvalue weighted by molar-refractivity contribution is 7.99. The Morgan fingerprint density at radius 3 is 2.57 bits per heavy atom. The summed E-state index contributed by atoms with van der Waals surface area (Å²) in [7, 11) is 0. The van der Waals surface area contributed by atoms with E-state index in [1.807, 2.05) is 0 Å². The van der Waals surface area contributed by atoms with Gasteiger partial charge in [-0.15, -0.1) is 11.8 Å². The average molecular weight is 306 g/mol. The summed E-state index contributed by atoms with van der Waals surface area (Å²) >= 11 is 1.41. The van der Waals surface area contributed by atoms with Crippen LogP contribution >= 0.6 is 11.8 Å². The molecule has 1 heterocycles. The number of hydrogen-bond donors (Lipinski definition) is 0. The average Bonchev–Trinajstić information content (AvgIpc) is 2.46. The lowest BCUT2D eigenvalue weighted by Gasteiger charge is -2.16. The van der Waals surface area contributed by atoms with Crippen molar-refractivity contribution in [2.24, 2.45) is 0 Å². The second kappa shape index (κ2) is 5.41. The van der Waals surface area contributed by atoms with Gasteiger partial charge in [0.25, 0.3) is 0 Å². The first kappa shape index (κ1) is 13.9. The summed E-state index contributed by atoms with van der Waals surface area (Å²) in [5.74, 6) is -2.25. The van der Waals surface area contributed by atoms with Crippen LogP contribution in [0.3, 0.4) is 0 Å². The van der Waals surface area contributed by atoms with E-state index in [4.69, 9.17) is 0 Å². The van der Waals surface area contributed by atoms with Gasteiger partial charge in [-0.05, 0) is 42.0 Å². The standard InChI is InChI=1S/C16H9F3OS/c17-11-2-4-15-12(7-11)16(20)10(8-21-15)5-9-1-3-13(18)14(19)6-9/h1-7H,8H2/b10-5-. The molecule has 106 valence electrons. The summed E-state index contributed by atoms with van der Waals surface area (Å²) in [5.41, 5.74) is 1.14. The lowest BCUT2D eigenvalue weighted by Crippen LogP contribution is -2.12. The molecule has 5 heteroatoms. The molecule has 21 heavy (non-hydrogen) atoms. The predicted molar refractivity (Wildman–Crippen MR) is 75.8 cm³/mol. The fourth-order valence-corrected chi connectivity index (χ4v) is 3.11. The summed E-state index contributed by atoms with van der Waals surface area (Å²) in [5, 5.41) is 0. The zero-order valence-corrected chi connectivity index (χ0v) is 11.5. The van der Waals surface area contributed by atoms with Crippen LogP contribution in [-0.2, 0) is 0 Å². The van der Waals surface area contributed by atoms with Crippen LogP contribution in [0.2, 0.25) is 0 Å². The third-order valence-corrected chi connectivity index (χ3v) is 4.27. The van der Waals surface area contributed by atoms with E-state index < -0.39 is 17.5 Å². The molecule has 1 aliphatic rings. The second-order valence-electron chi connectivity index (χ2n) is 4.60. The molecule has 2 aromatic carbocycles. The van der Waals surface area contributed by atoms with Crippen molar-refractivity contribution in [3.05, 3.63) is 70.5 Å². The Kier molecular flexibility index (Phi) is 3.59. The number of hydrogen-bond acceptors (Lipinski definition) is 2. The predicted octanol–water partition coefficient (Wildman–Crippen LogP) is 4.48. The van der Waals surface area contributed by atoms with Gasteiger partial charge < -0.3 is 0 Å². The zero-order chi connectivity index (χ0) is 15.0. The lowest BCUT2D eigenvalue weighted by molar-refractivity contribution is 0.103. The highest BCUT2D eigenvalue weighted by Crippen LogP contribution is 2.33. The third kappa shape index (κ3) is 2.74. The van der Waals surface area contributed by atoms with Crippen molar-refractivity contribution < 1.29 is 18.0 Å². The van der Waals surface area contributed by atoms with Gasteiger partial charge in [-0.3, -0.25) is 4.79 Å². The molecule has 0 saturated heterocycles. The zero-order valence-electron chi connectivity index (χ0n) is 10.7. The van der Waals surface area contributed by atoms with Crippen LogP contribution in [0.1, 0.15) is 15.9 Å². The molecule has 3 rings (SSSR count). The van der Waals surface area contributed by atoms with Crippen LogP contribution in [0, 0.1) is 17.5 Å². The van der Waals surface area contributed by atoms with Crippen molar-refractivity contribution >= 4 is 23.6 Å². The molecule has 0 atom stereocenters. The molecule has 0 amide bonds. The maximum Gasteiger partial charge on any atom is 0.191 e. The normalized spacial score (nSPS) is 16.1. The van der Waals surface area contributed by atoms with Crippen LogP contribution in [0.15, 0.2) is 46.9 Å². The Hall–Kier alpha value is -2.01. The summed E-state index contributed by atoms with van der Waals surface area (Å²) in [6.07, 6.45) is 1.51. The molecule has 0 unspecified atom stereocenters. The topological polar surface area (TPSA) is 17.1 Å². The maximum atomic E-state index is 13.2. The molecule has 1 nitrogen and oxygen atoms in total. The van der Waals surface area contributed by atoms with Gasteiger partial charge in [0.05, 0.1) is 0 Å².